The Morgan fingerprint density at radius 1 is 1.29 bits per heavy atom. The van der Waals surface area contributed by atoms with Gasteiger partial charge in [0.25, 0.3) is 5.91 Å². The van der Waals surface area contributed by atoms with Crippen molar-refractivity contribution in [2.24, 2.45) is 11.8 Å². The van der Waals surface area contributed by atoms with Crippen molar-refractivity contribution < 1.29 is 24.6 Å². The molecule has 5 rings (SSSR count). The molecule has 2 aromatic rings. The zero-order valence-corrected chi connectivity index (χ0v) is 23.8. The first kappa shape index (κ1) is 27.2. The molecule has 7 atom stereocenters. The number of nitrogens with zero attached hydrogens (tertiary/aromatic N) is 2. The van der Waals surface area contributed by atoms with Gasteiger partial charge < -0.3 is 20.0 Å². The van der Waals surface area contributed by atoms with Gasteiger partial charge in [0, 0.05) is 16.6 Å². The number of fused-ring (bicyclic) bond motifs is 1. The van der Waals surface area contributed by atoms with Gasteiger partial charge >= 0.3 is 5.97 Å². The van der Waals surface area contributed by atoms with E-state index >= 15 is 0 Å². The Balaban J connectivity index is 1.70. The average Bonchev–Trinajstić information content (AvgIpc) is 3.48. The number of aliphatic carboxylic acids is 1. The highest BCUT2D eigenvalue weighted by atomic mass is 79.9. The van der Waals surface area contributed by atoms with E-state index in [9.17, 15) is 24.6 Å². The lowest BCUT2D eigenvalue weighted by Crippen LogP contribution is -2.56. The van der Waals surface area contributed by atoms with Crippen molar-refractivity contribution >= 4 is 62.8 Å². The van der Waals surface area contributed by atoms with Crippen LogP contribution in [0.3, 0.4) is 0 Å². The second kappa shape index (κ2) is 10.3. The standard InChI is InChI=1S/C28H28BrClN2O5S/c1-3-12-31(22-15(2)8-7-11-18(22)30)26(35)24-28-13-17(29)23(38-28)20(27(36)37)21(28)25(34)32(24)19(14-33)16-9-5-4-6-10-16/h3-11,17,19-21,23-24,33H,1,12-14H2,2H3,(H,36,37)/t17?,19-,20+,21+,23+,24?,28?/m1/s1. The maximum Gasteiger partial charge on any atom is 0.308 e. The van der Waals surface area contributed by atoms with Crippen LogP contribution in [0.4, 0.5) is 5.69 Å². The fourth-order valence-electron chi connectivity index (χ4n) is 6.53. The molecule has 3 fully saturated rings. The normalized spacial score (nSPS) is 30.3. The van der Waals surface area contributed by atoms with Gasteiger partial charge in [-0.3, -0.25) is 14.4 Å². The zero-order valence-electron chi connectivity index (χ0n) is 20.7. The summed E-state index contributed by atoms with van der Waals surface area (Å²) >= 11 is 11.7. The average molecular weight is 620 g/mol. The van der Waals surface area contributed by atoms with Crippen LogP contribution in [0.25, 0.3) is 0 Å². The molecule has 200 valence electrons. The van der Waals surface area contributed by atoms with Gasteiger partial charge in [0.15, 0.2) is 0 Å². The van der Waals surface area contributed by atoms with Crippen molar-refractivity contribution in [1.29, 1.82) is 0 Å². The Hall–Kier alpha value is -2.33. The molecule has 0 aliphatic carbocycles. The smallest absolute Gasteiger partial charge is 0.308 e. The Morgan fingerprint density at radius 3 is 2.61 bits per heavy atom. The van der Waals surface area contributed by atoms with Crippen molar-refractivity contribution in [3.63, 3.8) is 0 Å². The number of aliphatic hydroxyl groups excluding tert-OH is 1. The molecule has 0 aromatic heterocycles. The number of amides is 2. The second-order valence-corrected chi connectivity index (χ2v) is 13.1. The van der Waals surface area contributed by atoms with E-state index in [1.54, 1.807) is 42.5 Å². The third kappa shape index (κ3) is 4.01. The number of carboxylic acid groups (broad SMARTS) is 1. The van der Waals surface area contributed by atoms with E-state index < -0.39 is 47.1 Å². The van der Waals surface area contributed by atoms with E-state index in [0.29, 0.717) is 22.7 Å². The van der Waals surface area contributed by atoms with Crippen molar-refractivity contribution in [2.45, 2.75) is 40.3 Å². The molecule has 3 unspecified atom stereocenters. The van der Waals surface area contributed by atoms with Crippen LogP contribution in [0.1, 0.15) is 23.6 Å². The molecule has 3 heterocycles. The van der Waals surface area contributed by atoms with Gasteiger partial charge in [-0.1, -0.05) is 76.1 Å². The first-order valence-electron chi connectivity index (χ1n) is 12.4. The number of benzene rings is 2. The van der Waals surface area contributed by atoms with E-state index in [1.807, 2.05) is 19.1 Å². The van der Waals surface area contributed by atoms with Gasteiger partial charge in [-0.2, -0.15) is 0 Å². The molecule has 3 aliphatic rings. The highest BCUT2D eigenvalue weighted by Gasteiger charge is 2.76. The zero-order chi connectivity index (χ0) is 27.4. The molecule has 7 nitrogen and oxygen atoms in total. The lowest BCUT2D eigenvalue weighted by Gasteiger charge is -2.40. The van der Waals surface area contributed by atoms with Crippen LogP contribution in [-0.4, -0.2) is 66.9 Å². The second-order valence-electron chi connectivity index (χ2n) is 10.00. The first-order chi connectivity index (χ1) is 18.2. The van der Waals surface area contributed by atoms with Gasteiger partial charge in [0.1, 0.15) is 6.04 Å². The molecular formula is C28H28BrClN2O5S. The monoisotopic (exact) mass is 618 g/mol. The van der Waals surface area contributed by atoms with E-state index in [1.165, 1.54) is 21.6 Å². The number of likely N-dealkylation sites (tertiary alicyclic amines) is 1. The summed E-state index contributed by atoms with van der Waals surface area (Å²) in [4.78, 5) is 44.3. The minimum Gasteiger partial charge on any atom is -0.481 e. The molecule has 2 bridgehead atoms. The quantitative estimate of drug-likeness (QED) is 0.335. The molecule has 2 N–H and O–H groups in total. The molecule has 3 aliphatic heterocycles. The minimum atomic E-state index is -1.05. The van der Waals surface area contributed by atoms with E-state index in [2.05, 4.69) is 22.5 Å². The van der Waals surface area contributed by atoms with Crippen LogP contribution < -0.4 is 4.90 Å². The summed E-state index contributed by atoms with van der Waals surface area (Å²) in [5, 5.41) is 20.8. The SMILES string of the molecule is C=CCN(C(=O)C1N([C@H](CO)c2ccccc2)C(=O)[C@@H]2[C@H](C(=O)O)[C@H]3SC12CC3Br)c1c(C)cccc1Cl. The number of aliphatic hydroxyl groups is 1. The predicted molar refractivity (Wildman–Crippen MR) is 152 cm³/mol. The maximum atomic E-state index is 14.7. The summed E-state index contributed by atoms with van der Waals surface area (Å²) in [6, 6.07) is 12.6. The number of thioether (sulfide) groups is 1. The van der Waals surface area contributed by atoms with Crippen molar-refractivity contribution in [3.05, 3.63) is 77.3 Å². The van der Waals surface area contributed by atoms with Crippen LogP contribution in [0.5, 0.6) is 0 Å². The van der Waals surface area contributed by atoms with Gasteiger partial charge in [-0.05, 0) is 30.5 Å². The number of rotatable bonds is 8. The third-order valence-corrected chi connectivity index (χ3v) is 11.5. The van der Waals surface area contributed by atoms with Crippen LogP contribution in [-0.2, 0) is 14.4 Å². The number of carbonyl (C=O) groups is 3. The Kier molecular flexibility index (Phi) is 7.41. The third-order valence-electron chi connectivity index (χ3n) is 7.98. The molecule has 10 heteroatoms. The summed E-state index contributed by atoms with van der Waals surface area (Å²) in [7, 11) is 0. The van der Waals surface area contributed by atoms with Crippen LogP contribution in [0, 0.1) is 18.8 Å². The van der Waals surface area contributed by atoms with Gasteiger partial charge in [0.05, 0.1) is 39.9 Å². The number of alkyl halides is 1. The summed E-state index contributed by atoms with van der Waals surface area (Å²) in [6.45, 7) is 5.42. The van der Waals surface area contributed by atoms with Crippen LogP contribution in [0.15, 0.2) is 61.2 Å². The lowest BCUT2D eigenvalue weighted by molar-refractivity contribution is -0.149. The molecule has 38 heavy (non-hydrogen) atoms. The number of anilines is 1. The summed E-state index contributed by atoms with van der Waals surface area (Å²) < 4.78 is -0.979. The molecule has 2 aromatic carbocycles. The Bertz CT molecular complexity index is 1280. The number of carboxylic acids is 1. The topological polar surface area (TPSA) is 98.2 Å². The van der Waals surface area contributed by atoms with Gasteiger partial charge in [-0.15, -0.1) is 18.3 Å². The predicted octanol–water partition coefficient (Wildman–Crippen LogP) is 4.45. The minimum absolute atomic E-state index is 0.145. The number of hydrogen-bond donors (Lipinski definition) is 2. The number of hydrogen-bond acceptors (Lipinski definition) is 5. The number of aryl methyl sites for hydroxylation is 1. The first-order valence-corrected chi connectivity index (χ1v) is 14.5. The fourth-order valence-corrected chi connectivity index (χ4v) is 10.4. The molecule has 0 saturated carbocycles. The number of para-hydroxylation sites is 1. The summed E-state index contributed by atoms with van der Waals surface area (Å²) in [5.74, 6) is -3.68. The number of halogens is 2. The van der Waals surface area contributed by atoms with E-state index in [-0.39, 0.29) is 22.5 Å². The molecule has 2 amide bonds. The molecular weight excluding hydrogens is 592 g/mol. The largest absolute Gasteiger partial charge is 0.481 e. The van der Waals surface area contributed by atoms with Crippen molar-refractivity contribution in [2.75, 3.05) is 18.1 Å². The van der Waals surface area contributed by atoms with Gasteiger partial charge in [-0.25, -0.2) is 0 Å². The van der Waals surface area contributed by atoms with Crippen molar-refractivity contribution in [1.82, 2.24) is 4.90 Å². The lowest BCUT2D eigenvalue weighted by atomic mass is 9.71. The van der Waals surface area contributed by atoms with Crippen molar-refractivity contribution in [3.8, 4) is 0 Å². The van der Waals surface area contributed by atoms with Gasteiger partial charge in [0.2, 0.25) is 5.91 Å². The Labute approximate surface area is 239 Å². The Morgan fingerprint density at radius 2 is 2.00 bits per heavy atom. The highest BCUT2D eigenvalue weighted by molar-refractivity contribution is 9.09. The van der Waals surface area contributed by atoms with E-state index in [0.717, 1.165) is 5.56 Å². The summed E-state index contributed by atoms with van der Waals surface area (Å²) in [5.41, 5.74) is 1.97. The highest BCUT2D eigenvalue weighted by Crippen LogP contribution is 2.68. The summed E-state index contributed by atoms with van der Waals surface area (Å²) in [6.07, 6.45) is 2.05. The van der Waals surface area contributed by atoms with E-state index in [4.69, 9.17) is 11.6 Å². The van der Waals surface area contributed by atoms with Crippen LogP contribution in [0.2, 0.25) is 5.02 Å². The number of carbonyl (C=O) groups excluding carboxylic acids is 2. The van der Waals surface area contributed by atoms with Crippen LogP contribution >= 0.6 is 39.3 Å². The fraction of sp³-hybridized carbons (Fsp3) is 0.393. The molecule has 3 saturated heterocycles. The maximum absolute atomic E-state index is 14.7. The molecule has 0 radical (unpaired) electrons. The molecule has 1 spiro atoms.